The Morgan fingerprint density at radius 3 is 2.52 bits per heavy atom. The van der Waals surface area contributed by atoms with E-state index in [-0.39, 0.29) is 29.8 Å². The Morgan fingerprint density at radius 2 is 1.95 bits per heavy atom. The predicted molar refractivity (Wildman–Crippen MR) is 70.8 cm³/mol. The maximum atomic E-state index is 13.6. The van der Waals surface area contributed by atoms with Crippen LogP contribution in [-0.4, -0.2) is 47.9 Å². The molecule has 0 amide bonds. The van der Waals surface area contributed by atoms with Gasteiger partial charge in [-0.3, -0.25) is 0 Å². The summed E-state index contributed by atoms with van der Waals surface area (Å²) in [5.74, 6) is -0.694. The van der Waals surface area contributed by atoms with E-state index in [0.717, 1.165) is 6.07 Å². The molecule has 9 heteroatoms. The quantitative estimate of drug-likeness (QED) is 0.829. The van der Waals surface area contributed by atoms with Crippen molar-refractivity contribution in [2.45, 2.75) is 10.9 Å². The Kier molecular flexibility index (Phi) is 3.38. The number of ether oxygens (including phenoxy) is 1. The number of hydrogen-bond acceptors (Lipinski definition) is 5. The van der Waals surface area contributed by atoms with Crippen molar-refractivity contribution < 1.29 is 17.5 Å². The van der Waals surface area contributed by atoms with E-state index in [2.05, 4.69) is 10.2 Å². The second kappa shape index (κ2) is 5.08. The molecule has 0 atom stereocenters. The van der Waals surface area contributed by atoms with Gasteiger partial charge in [0, 0.05) is 13.1 Å². The van der Waals surface area contributed by atoms with Crippen molar-refractivity contribution in [1.82, 2.24) is 19.3 Å². The lowest BCUT2D eigenvalue weighted by molar-refractivity contribution is 0.175. The van der Waals surface area contributed by atoms with E-state index in [0.29, 0.717) is 0 Å². The zero-order valence-electron chi connectivity index (χ0n) is 11.2. The van der Waals surface area contributed by atoms with E-state index in [4.69, 9.17) is 4.74 Å². The molecule has 3 rings (SSSR count). The van der Waals surface area contributed by atoms with Crippen LogP contribution in [0.15, 0.2) is 35.5 Å². The van der Waals surface area contributed by atoms with Gasteiger partial charge in [-0.05, 0) is 18.2 Å². The summed E-state index contributed by atoms with van der Waals surface area (Å²) < 4.78 is 44.4. The van der Waals surface area contributed by atoms with Gasteiger partial charge < -0.3 is 4.74 Å². The Labute approximate surface area is 121 Å². The average molecular weight is 312 g/mol. The van der Waals surface area contributed by atoms with Crippen molar-refractivity contribution in [2.24, 2.45) is 0 Å². The normalized spacial score (nSPS) is 16.7. The van der Waals surface area contributed by atoms with Gasteiger partial charge in [0.05, 0.1) is 30.4 Å². The number of hydrogen-bond donors (Lipinski definition) is 0. The number of nitrogens with zero attached hydrogens (tertiary/aromatic N) is 4. The second-order valence-corrected chi connectivity index (χ2v) is 6.56. The monoisotopic (exact) mass is 312 g/mol. The Morgan fingerprint density at radius 1 is 1.29 bits per heavy atom. The van der Waals surface area contributed by atoms with Crippen LogP contribution in [0.4, 0.5) is 4.39 Å². The summed E-state index contributed by atoms with van der Waals surface area (Å²) in [7, 11) is -2.38. The molecule has 0 unspecified atom stereocenters. The lowest BCUT2D eigenvalue weighted by atomic mass is 10.2. The molecular weight excluding hydrogens is 299 g/mol. The van der Waals surface area contributed by atoms with E-state index in [1.54, 1.807) is 0 Å². The molecule has 0 spiro atoms. The predicted octanol–water partition coefficient (Wildman–Crippen LogP) is 0.671. The molecule has 1 aliphatic heterocycles. The van der Waals surface area contributed by atoms with Crippen LogP contribution in [0, 0.1) is 5.82 Å². The third kappa shape index (κ3) is 2.38. The highest BCUT2D eigenvalue weighted by molar-refractivity contribution is 7.89. The van der Waals surface area contributed by atoms with Gasteiger partial charge >= 0.3 is 0 Å². The zero-order valence-corrected chi connectivity index (χ0v) is 12.0. The minimum Gasteiger partial charge on any atom is -0.494 e. The van der Waals surface area contributed by atoms with Gasteiger partial charge in [-0.2, -0.15) is 19.3 Å². The average Bonchev–Trinajstić information content (AvgIpc) is 2.90. The molecule has 0 saturated carbocycles. The van der Waals surface area contributed by atoms with Crippen molar-refractivity contribution in [2.75, 3.05) is 20.2 Å². The molecule has 1 aromatic carbocycles. The summed E-state index contributed by atoms with van der Waals surface area (Å²) in [4.78, 5) is 1.38. The fourth-order valence-corrected chi connectivity index (χ4v) is 3.66. The molecule has 112 valence electrons. The first-order valence-corrected chi connectivity index (χ1v) is 7.66. The summed E-state index contributed by atoms with van der Waals surface area (Å²) in [6.07, 6.45) is 3.08. The summed E-state index contributed by atoms with van der Waals surface area (Å²) >= 11 is 0. The fraction of sp³-hybridized carbons (Fsp3) is 0.333. The van der Waals surface area contributed by atoms with Crippen molar-refractivity contribution in [3.05, 3.63) is 36.4 Å². The number of halogens is 1. The highest BCUT2D eigenvalue weighted by Gasteiger charge is 2.38. The van der Waals surface area contributed by atoms with Crippen LogP contribution in [-0.2, 0) is 10.0 Å². The highest BCUT2D eigenvalue weighted by Crippen LogP contribution is 2.29. The van der Waals surface area contributed by atoms with Crippen molar-refractivity contribution in [3.63, 3.8) is 0 Å². The SMILES string of the molecule is COc1ccc(S(=O)(=O)N2CC(n3nccn3)C2)cc1F. The Balaban J connectivity index is 1.78. The zero-order chi connectivity index (χ0) is 15.0. The number of benzene rings is 1. The minimum absolute atomic E-state index is 0.0103. The molecule has 0 bridgehead atoms. The number of aromatic nitrogens is 3. The lowest BCUT2D eigenvalue weighted by Crippen LogP contribution is -2.51. The van der Waals surface area contributed by atoms with Gasteiger partial charge in [0.2, 0.25) is 10.0 Å². The maximum absolute atomic E-state index is 13.6. The van der Waals surface area contributed by atoms with Gasteiger partial charge in [0.25, 0.3) is 0 Å². The molecule has 21 heavy (non-hydrogen) atoms. The van der Waals surface area contributed by atoms with Crippen molar-refractivity contribution in [3.8, 4) is 5.75 Å². The van der Waals surface area contributed by atoms with Gasteiger partial charge in [-0.1, -0.05) is 0 Å². The van der Waals surface area contributed by atoms with E-state index in [1.807, 2.05) is 0 Å². The number of rotatable bonds is 4. The molecular formula is C12H13FN4O3S. The fourth-order valence-electron chi connectivity index (χ4n) is 2.13. The molecule has 0 radical (unpaired) electrons. The highest BCUT2D eigenvalue weighted by atomic mass is 32.2. The van der Waals surface area contributed by atoms with Crippen LogP contribution in [0.5, 0.6) is 5.75 Å². The number of sulfonamides is 1. The topological polar surface area (TPSA) is 77.3 Å². The lowest BCUT2D eigenvalue weighted by Gasteiger charge is -2.37. The maximum Gasteiger partial charge on any atom is 0.243 e. The minimum atomic E-state index is -3.70. The van der Waals surface area contributed by atoms with Gasteiger partial charge in [-0.15, -0.1) is 0 Å². The van der Waals surface area contributed by atoms with E-state index in [1.165, 1.54) is 40.7 Å². The first-order valence-electron chi connectivity index (χ1n) is 6.22. The van der Waals surface area contributed by atoms with Crippen molar-refractivity contribution >= 4 is 10.0 Å². The summed E-state index contributed by atoms with van der Waals surface area (Å²) in [6, 6.07) is 3.51. The van der Waals surface area contributed by atoms with Crippen LogP contribution in [0.1, 0.15) is 6.04 Å². The largest absolute Gasteiger partial charge is 0.494 e. The van der Waals surface area contributed by atoms with Gasteiger partial charge in [-0.25, -0.2) is 12.8 Å². The van der Waals surface area contributed by atoms with Crippen LogP contribution in [0.25, 0.3) is 0 Å². The molecule has 1 fully saturated rings. The van der Waals surface area contributed by atoms with E-state index < -0.39 is 15.8 Å². The molecule has 1 aliphatic rings. The molecule has 0 aliphatic carbocycles. The summed E-state index contributed by atoms with van der Waals surface area (Å²) in [5, 5.41) is 7.94. The summed E-state index contributed by atoms with van der Waals surface area (Å²) in [5.41, 5.74) is 0. The van der Waals surface area contributed by atoms with Crippen LogP contribution < -0.4 is 4.74 Å². The summed E-state index contributed by atoms with van der Waals surface area (Å²) in [6.45, 7) is 0.537. The second-order valence-electron chi connectivity index (χ2n) is 4.62. The van der Waals surface area contributed by atoms with Crippen LogP contribution >= 0.6 is 0 Å². The molecule has 2 aromatic rings. The van der Waals surface area contributed by atoms with Gasteiger partial charge in [0.1, 0.15) is 0 Å². The number of methoxy groups -OCH3 is 1. The molecule has 1 saturated heterocycles. The smallest absolute Gasteiger partial charge is 0.243 e. The van der Waals surface area contributed by atoms with Crippen molar-refractivity contribution in [1.29, 1.82) is 0 Å². The molecule has 2 heterocycles. The Bertz CT molecular complexity index is 742. The first-order chi connectivity index (χ1) is 10.0. The molecule has 1 aromatic heterocycles. The first kappa shape index (κ1) is 14.0. The third-order valence-electron chi connectivity index (χ3n) is 3.35. The van der Waals surface area contributed by atoms with Gasteiger partial charge in [0.15, 0.2) is 11.6 Å². The molecule has 7 nitrogen and oxygen atoms in total. The third-order valence-corrected chi connectivity index (χ3v) is 5.18. The van der Waals surface area contributed by atoms with Crippen LogP contribution in [0.3, 0.4) is 0 Å². The Hall–Kier alpha value is -2.00. The molecule has 0 N–H and O–H groups in total. The van der Waals surface area contributed by atoms with E-state index >= 15 is 0 Å². The van der Waals surface area contributed by atoms with E-state index in [9.17, 15) is 12.8 Å². The van der Waals surface area contributed by atoms with Crippen LogP contribution in [0.2, 0.25) is 0 Å². The standard InChI is InChI=1S/C12H13FN4O3S/c1-20-12-3-2-10(6-11(12)13)21(18,19)16-7-9(8-16)17-14-4-5-15-17/h2-6,9H,7-8H2,1H3.